The zero-order valence-corrected chi connectivity index (χ0v) is 15.9. The lowest BCUT2D eigenvalue weighted by atomic mass is 10.3. The summed E-state index contributed by atoms with van der Waals surface area (Å²) in [5, 5.41) is 14.9. The second-order valence-electron chi connectivity index (χ2n) is 5.18. The van der Waals surface area contributed by atoms with Gasteiger partial charge in [-0.3, -0.25) is 4.79 Å². The first-order chi connectivity index (χ1) is 13.1. The summed E-state index contributed by atoms with van der Waals surface area (Å²) in [6, 6.07) is 8.82. The zero-order chi connectivity index (χ0) is 19.1. The number of benzene rings is 1. The highest BCUT2D eigenvalue weighted by molar-refractivity contribution is 7.13. The summed E-state index contributed by atoms with van der Waals surface area (Å²) < 4.78 is 10.2. The molecule has 3 rings (SSSR count). The molecule has 0 aliphatic carbocycles. The Bertz CT molecular complexity index is 934. The van der Waals surface area contributed by atoms with Crippen LogP contribution in [0.4, 0.5) is 5.69 Å². The maximum atomic E-state index is 12.2. The minimum Gasteiger partial charge on any atom is -0.497 e. The molecule has 7 nitrogen and oxygen atoms in total. The Balaban J connectivity index is 1.51. The Morgan fingerprint density at radius 3 is 2.70 bits per heavy atom. The normalized spacial score (nSPS) is 10.7. The number of rotatable bonds is 7. The molecule has 0 bridgehead atoms. The summed E-state index contributed by atoms with van der Waals surface area (Å²) in [7, 11) is 1.57. The van der Waals surface area contributed by atoms with Crippen molar-refractivity contribution in [2.45, 2.75) is 6.61 Å². The number of amides is 1. The Kier molecular flexibility index (Phi) is 6.29. The summed E-state index contributed by atoms with van der Waals surface area (Å²) >= 11 is 2.61. The molecule has 0 atom stereocenters. The Morgan fingerprint density at radius 1 is 1.19 bits per heavy atom. The maximum Gasteiger partial charge on any atom is 0.331 e. The third kappa shape index (κ3) is 5.47. The standard InChI is InChI=1S/C18H15N3O4S2/c1-24-14-5-3-13(4-6-14)19-17(23)18-21-20-15(27-18)10-25-16(22)7-2-12-8-9-26-11-12/h2-9,11H,10H2,1H3,(H,19,23)/b7-2+. The number of ether oxygens (including phenoxy) is 2. The molecule has 3 aromatic rings. The van der Waals surface area contributed by atoms with Gasteiger partial charge < -0.3 is 14.8 Å². The van der Waals surface area contributed by atoms with E-state index in [1.165, 1.54) is 6.08 Å². The van der Waals surface area contributed by atoms with Crippen LogP contribution >= 0.6 is 22.7 Å². The van der Waals surface area contributed by atoms with Crippen molar-refractivity contribution in [3.63, 3.8) is 0 Å². The van der Waals surface area contributed by atoms with Crippen molar-refractivity contribution in [1.82, 2.24) is 10.2 Å². The van der Waals surface area contributed by atoms with Gasteiger partial charge in [0.1, 0.15) is 12.4 Å². The van der Waals surface area contributed by atoms with Crippen LogP contribution in [0.25, 0.3) is 6.08 Å². The first kappa shape index (κ1) is 18.7. The third-order valence-corrected chi connectivity index (χ3v) is 4.90. The van der Waals surface area contributed by atoms with Crippen molar-refractivity contribution in [2.75, 3.05) is 12.4 Å². The van der Waals surface area contributed by atoms with Crippen LogP contribution in [0.3, 0.4) is 0 Å². The summed E-state index contributed by atoms with van der Waals surface area (Å²) in [4.78, 5) is 23.9. The molecule has 1 amide bonds. The van der Waals surface area contributed by atoms with Crippen molar-refractivity contribution in [1.29, 1.82) is 0 Å². The Labute approximate surface area is 163 Å². The van der Waals surface area contributed by atoms with E-state index >= 15 is 0 Å². The van der Waals surface area contributed by atoms with Gasteiger partial charge in [-0.05, 0) is 52.7 Å². The third-order valence-electron chi connectivity index (χ3n) is 3.30. The fourth-order valence-corrected chi connectivity index (χ4v) is 3.25. The van der Waals surface area contributed by atoms with E-state index in [0.717, 1.165) is 16.9 Å². The molecular weight excluding hydrogens is 386 g/mol. The van der Waals surface area contributed by atoms with Gasteiger partial charge in [0, 0.05) is 11.8 Å². The summed E-state index contributed by atoms with van der Waals surface area (Å²) in [5.74, 6) is -0.172. The van der Waals surface area contributed by atoms with Crippen LogP contribution < -0.4 is 10.1 Å². The highest BCUT2D eigenvalue weighted by Gasteiger charge is 2.14. The van der Waals surface area contributed by atoms with Crippen molar-refractivity contribution < 1.29 is 19.1 Å². The predicted molar refractivity (Wildman–Crippen MR) is 104 cm³/mol. The average Bonchev–Trinajstić information content (AvgIpc) is 3.37. The minimum atomic E-state index is -0.486. The van der Waals surface area contributed by atoms with E-state index in [4.69, 9.17) is 9.47 Å². The summed E-state index contributed by atoms with van der Waals surface area (Å²) in [5.41, 5.74) is 1.55. The molecule has 2 aromatic heterocycles. The van der Waals surface area contributed by atoms with Crippen LogP contribution in [0.5, 0.6) is 5.75 Å². The van der Waals surface area contributed by atoms with Gasteiger partial charge in [0.05, 0.1) is 7.11 Å². The van der Waals surface area contributed by atoms with Crippen LogP contribution in [-0.4, -0.2) is 29.2 Å². The molecule has 0 aliphatic rings. The van der Waals surface area contributed by atoms with E-state index in [2.05, 4.69) is 15.5 Å². The van der Waals surface area contributed by atoms with Crippen molar-refractivity contribution in [3.8, 4) is 5.75 Å². The lowest BCUT2D eigenvalue weighted by Gasteiger charge is -2.03. The molecule has 0 radical (unpaired) electrons. The van der Waals surface area contributed by atoms with Crippen LogP contribution in [0.15, 0.2) is 47.2 Å². The number of hydrogen-bond acceptors (Lipinski definition) is 8. The Hall–Kier alpha value is -3.04. The molecule has 0 spiro atoms. The van der Waals surface area contributed by atoms with Crippen LogP contribution in [-0.2, 0) is 16.1 Å². The topological polar surface area (TPSA) is 90.4 Å². The van der Waals surface area contributed by atoms with Crippen molar-refractivity contribution >= 4 is 46.3 Å². The van der Waals surface area contributed by atoms with Gasteiger partial charge in [-0.2, -0.15) is 11.3 Å². The average molecular weight is 401 g/mol. The minimum absolute atomic E-state index is 0.0414. The van der Waals surface area contributed by atoms with E-state index in [-0.39, 0.29) is 17.5 Å². The summed E-state index contributed by atoms with van der Waals surface area (Å²) in [6.45, 7) is -0.0414. The molecule has 1 N–H and O–H groups in total. The van der Waals surface area contributed by atoms with Crippen LogP contribution in [0.2, 0.25) is 0 Å². The molecule has 27 heavy (non-hydrogen) atoms. The SMILES string of the molecule is COc1ccc(NC(=O)c2nnc(COC(=O)/C=C/c3ccsc3)s2)cc1. The number of carbonyl (C=O) groups excluding carboxylic acids is 2. The first-order valence-electron chi connectivity index (χ1n) is 7.79. The highest BCUT2D eigenvalue weighted by Crippen LogP contribution is 2.17. The lowest BCUT2D eigenvalue weighted by molar-refractivity contribution is -0.138. The lowest BCUT2D eigenvalue weighted by Crippen LogP contribution is -2.11. The van der Waals surface area contributed by atoms with Gasteiger partial charge in [-0.15, -0.1) is 10.2 Å². The van der Waals surface area contributed by atoms with E-state index in [1.807, 2.05) is 16.8 Å². The van der Waals surface area contributed by atoms with E-state index in [9.17, 15) is 9.59 Å². The van der Waals surface area contributed by atoms with E-state index < -0.39 is 5.97 Å². The number of aromatic nitrogens is 2. The molecule has 0 saturated heterocycles. The molecule has 138 valence electrons. The van der Waals surface area contributed by atoms with Gasteiger partial charge in [0.15, 0.2) is 5.01 Å². The predicted octanol–water partition coefficient (Wildman–Crippen LogP) is 3.62. The molecular formula is C18H15N3O4S2. The number of thiophene rings is 1. The largest absolute Gasteiger partial charge is 0.497 e. The van der Waals surface area contributed by atoms with Gasteiger partial charge in [0.2, 0.25) is 5.01 Å². The first-order valence-corrected chi connectivity index (χ1v) is 9.55. The smallest absolute Gasteiger partial charge is 0.331 e. The Morgan fingerprint density at radius 2 is 2.00 bits per heavy atom. The molecule has 0 fully saturated rings. The van der Waals surface area contributed by atoms with Crippen molar-refractivity contribution in [3.05, 3.63) is 62.7 Å². The van der Waals surface area contributed by atoms with Gasteiger partial charge in [0.25, 0.3) is 5.91 Å². The maximum absolute atomic E-state index is 12.2. The summed E-state index contributed by atoms with van der Waals surface area (Å²) in [6.07, 6.45) is 3.02. The number of esters is 1. The monoisotopic (exact) mass is 401 g/mol. The highest BCUT2D eigenvalue weighted by atomic mass is 32.1. The van der Waals surface area contributed by atoms with Gasteiger partial charge in [-0.25, -0.2) is 4.79 Å². The molecule has 1 aromatic carbocycles. The molecule has 0 unspecified atom stereocenters. The van der Waals surface area contributed by atoms with E-state index in [0.29, 0.717) is 16.4 Å². The number of methoxy groups -OCH3 is 1. The number of hydrogen-bond donors (Lipinski definition) is 1. The second-order valence-corrected chi connectivity index (χ2v) is 7.02. The molecule has 0 saturated carbocycles. The quantitative estimate of drug-likeness (QED) is 0.480. The number of carbonyl (C=O) groups is 2. The second kappa shape index (κ2) is 9.06. The van der Waals surface area contributed by atoms with Gasteiger partial charge in [-0.1, -0.05) is 11.3 Å². The fourth-order valence-electron chi connectivity index (χ4n) is 1.98. The molecule has 9 heteroatoms. The number of anilines is 1. The zero-order valence-electron chi connectivity index (χ0n) is 14.2. The molecule has 0 aliphatic heterocycles. The number of nitrogens with one attached hydrogen (secondary N) is 1. The number of nitrogens with zero attached hydrogens (tertiary/aromatic N) is 2. The van der Waals surface area contributed by atoms with E-state index in [1.54, 1.807) is 48.8 Å². The molecule has 2 heterocycles. The van der Waals surface area contributed by atoms with Crippen LogP contribution in [0.1, 0.15) is 20.4 Å². The van der Waals surface area contributed by atoms with Gasteiger partial charge >= 0.3 is 5.97 Å². The van der Waals surface area contributed by atoms with Crippen LogP contribution in [0, 0.1) is 0 Å². The van der Waals surface area contributed by atoms with Crippen molar-refractivity contribution in [2.24, 2.45) is 0 Å². The fraction of sp³-hybridized carbons (Fsp3) is 0.111.